The van der Waals surface area contributed by atoms with Crippen LogP contribution < -0.4 is 30.7 Å². The molecule has 1 fully saturated rings. The predicted molar refractivity (Wildman–Crippen MR) is 235 cm³/mol. The van der Waals surface area contributed by atoms with Gasteiger partial charge in [0.25, 0.3) is 0 Å². The molecule has 1 saturated heterocycles. The fourth-order valence-corrected chi connectivity index (χ4v) is 7.27. The first-order valence-electron chi connectivity index (χ1n) is 18.9. The van der Waals surface area contributed by atoms with Gasteiger partial charge in [0.15, 0.2) is 11.4 Å². The minimum Gasteiger partial charge on any atom is -0.357 e. The smallest absolute Gasteiger partial charge is 0.331 e. The molecule has 7 rings (SSSR count). The second kappa shape index (κ2) is 18.0. The number of hydrazine groups is 2. The van der Waals surface area contributed by atoms with Crippen LogP contribution in [0.1, 0.15) is 0 Å². The maximum absolute atomic E-state index is 13.1. The highest BCUT2D eigenvalue weighted by molar-refractivity contribution is 5.94. The Hall–Kier alpha value is -9.48. The number of nitro benzene ring substituents is 6. The topological polar surface area (TPSA) is 296 Å². The molecule has 0 saturated carbocycles. The number of benzene rings is 6. The van der Waals surface area contributed by atoms with Gasteiger partial charge >= 0.3 is 34.1 Å². The van der Waals surface area contributed by atoms with Crippen LogP contribution >= 0.6 is 0 Å². The molecule has 0 amide bonds. The zero-order valence-electron chi connectivity index (χ0n) is 32.9. The number of nitrogens with one attached hydrogen (secondary N) is 2. The van der Waals surface area contributed by atoms with Gasteiger partial charge in [-0.25, -0.2) is 0 Å². The van der Waals surface area contributed by atoms with Gasteiger partial charge in [-0.05, 0) is 48.5 Å². The summed E-state index contributed by atoms with van der Waals surface area (Å²) in [6.07, 6.45) is 0. The van der Waals surface area contributed by atoms with Gasteiger partial charge in [0.05, 0.1) is 64.4 Å². The molecule has 0 spiro atoms. The highest BCUT2D eigenvalue weighted by atomic mass is 16.7. The van der Waals surface area contributed by atoms with Crippen LogP contribution in [0.25, 0.3) is 0 Å². The molecule has 0 aliphatic carbocycles. The molecule has 1 heterocycles. The van der Waals surface area contributed by atoms with Crippen molar-refractivity contribution in [3.05, 3.63) is 194 Å². The van der Waals surface area contributed by atoms with Gasteiger partial charge in [0.1, 0.15) is 0 Å². The monoisotopic (exact) mass is 872 g/mol. The molecule has 0 bridgehead atoms. The van der Waals surface area contributed by atoms with Crippen molar-refractivity contribution >= 4 is 79.6 Å². The standard InChI is InChI=1S/C40H32N12O12/c53-47(54)31-25-33(49(57)58)37(39(51(61)62)35(31)41-45(27-13-5-1-6-14-27)28-15-7-2-8-16-28)43-21-23-44(24-22-43)38-34(50(59)60)26-32(48(55)56)36(40(38)52(63)64)42-46(29-17-9-3-10-18-29)30-19-11-4-12-20-30/h1-20,25-26,41-42H,21-24H2. The van der Waals surface area contributed by atoms with E-state index in [-0.39, 0.29) is 0 Å². The Balaban J connectivity index is 1.34. The molecule has 1 aliphatic rings. The lowest BCUT2D eigenvalue weighted by atomic mass is 10.1. The van der Waals surface area contributed by atoms with Gasteiger partial charge in [-0.15, -0.1) is 0 Å². The molecule has 24 heteroatoms. The third-order valence-corrected chi connectivity index (χ3v) is 10.0. The summed E-state index contributed by atoms with van der Waals surface area (Å²) in [5, 5.41) is 79.1. The molecular weight excluding hydrogens is 841 g/mol. The summed E-state index contributed by atoms with van der Waals surface area (Å²) in [6, 6.07) is 34.1. The second-order valence-electron chi connectivity index (χ2n) is 13.7. The molecule has 6 aromatic rings. The lowest BCUT2D eigenvalue weighted by Gasteiger charge is -2.36. The van der Waals surface area contributed by atoms with Crippen molar-refractivity contribution < 1.29 is 29.5 Å². The Labute approximate surface area is 359 Å². The van der Waals surface area contributed by atoms with Gasteiger partial charge in [0, 0.05) is 26.2 Å². The maximum Gasteiger partial charge on any atom is 0.331 e. The molecule has 1 aliphatic heterocycles. The van der Waals surface area contributed by atoms with Crippen LogP contribution in [0.4, 0.5) is 79.6 Å². The molecule has 0 unspecified atom stereocenters. The number of anilines is 8. The minimum atomic E-state index is -1.05. The summed E-state index contributed by atoms with van der Waals surface area (Å²) in [6.45, 7) is -1.69. The van der Waals surface area contributed by atoms with E-state index in [1.54, 1.807) is 121 Å². The zero-order valence-corrected chi connectivity index (χ0v) is 32.9. The number of para-hydroxylation sites is 4. The Morgan fingerprint density at radius 3 is 0.844 bits per heavy atom. The van der Waals surface area contributed by atoms with Gasteiger partial charge in [-0.3, -0.25) is 81.6 Å². The van der Waals surface area contributed by atoms with Crippen LogP contribution in [0, 0.1) is 60.7 Å². The van der Waals surface area contributed by atoms with Crippen molar-refractivity contribution in [2.75, 3.05) is 56.8 Å². The SMILES string of the molecule is O=[N+]([O-])c1cc([N+](=O)[O-])c(N2CCN(c3c([N+](=O)[O-])cc([N+](=O)[O-])c(NN(c4ccccc4)c4ccccc4)c3[N+](=O)[O-])CC2)c([N+](=O)[O-])c1NN(c1ccccc1)c1ccccc1. The van der Waals surface area contributed by atoms with E-state index >= 15 is 0 Å². The van der Waals surface area contributed by atoms with Gasteiger partial charge < -0.3 is 9.80 Å². The lowest BCUT2D eigenvalue weighted by molar-refractivity contribution is -0.401. The molecule has 0 atom stereocenters. The van der Waals surface area contributed by atoms with Crippen molar-refractivity contribution in [2.24, 2.45) is 0 Å². The summed E-state index contributed by atoms with van der Waals surface area (Å²) < 4.78 is 0. The Morgan fingerprint density at radius 2 is 0.625 bits per heavy atom. The Bertz CT molecular complexity index is 2510. The first-order valence-corrected chi connectivity index (χ1v) is 18.9. The fraction of sp³-hybridized carbons (Fsp3) is 0.100. The highest BCUT2D eigenvalue weighted by Gasteiger charge is 2.44. The second-order valence-corrected chi connectivity index (χ2v) is 13.7. The number of hydrogen-bond acceptors (Lipinski definition) is 18. The number of rotatable bonds is 16. The van der Waals surface area contributed by atoms with E-state index in [0.29, 0.717) is 34.9 Å². The number of nitrogens with zero attached hydrogens (tertiary/aromatic N) is 10. The van der Waals surface area contributed by atoms with Crippen LogP contribution in [0.5, 0.6) is 0 Å². The summed E-state index contributed by atoms with van der Waals surface area (Å²) in [5.74, 6) is 0. The van der Waals surface area contributed by atoms with Crippen LogP contribution in [0.3, 0.4) is 0 Å². The summed E-state index contributed by atoms with van der Waals surface area (Å²) in [5.41, 5.74) is -1.83. The van der Waals surface area contributed by atoms with Crippen molar-refractivity contribution in [2.45, 2.75) is 0 Å². The molecule has 2 N–H and O–H groups in total. The van der Waals surface area contributed by atoms with E-state index < -0.39 is 113 Å². The van der Waals surface area contributed by atoms with Crippen molar-refractivity contribution in [1.82, 2.24) is 0 Å². The van der Waals surface area contributed by atoms with Gasteiger partial charge in [0.2, 0.25) is 11.4 Å². The van der Waals surface area contributed by atoms with Crippen molar-refractivity contribution in [1.29, 1.82) is 0 Å². The number of piperazine rings is 1. The van der Waals surface area contributed by atoms with Crippen LogP contribution in [-0.2, 0) is 0 Å². The van der Waals surface area contributed by atoms with Crippen molar-refractivity contribution in [3.8, 4) is 0 Å². The van der Waals surface area contributed by atoms with E-state index in [1.807, 2.05) is 0 Å². The number of nitro groups is 6. The minimum absolute atomic E-state index is 0.376. The van der Waals surface area contributed by atoms with Crippen molar-refractivity contribution in [3.63, 3.8) is 0 Å². The van der Waals surface area contributed by atoms with E-state index in [9.17, 15) is 60.7 Å². The highest BCUT2D eigenvalue weighted by Crippen LogP contribution is 2.52. The lowest BCUT2D eigenvalue weighted by Crippen LogP contribution is -2.47. The third-order valence-electron chi connectivity index (χ3n) is 10.0. The Kier molecular flexibility index (Phi) is 12.0. The fourth-order valence-electron chi connectivity index (χ4n) is 7.27. The Morgan fingerprint density at radius 1 is 0.375 bits per heavy atom. The van der Waals surface area contributed by atoms with Crippen LogP contribution in [0.15, 0.2) is 133 Å². The first kappa shape index (κ1) is 42.6. The summed E-state index contributed by atoms with van der Waals surface area (Å²) in [4.78, 5) is 72.7. The maximum atomic E-state index is 13.1. The average molecular weight is 873 g/mol. The van der Waals surface area contributed by atoms with E-state index in [0.717, 1.165) is 0 Å². The van der Waals surface area contributed by atoms with E-state index in [2.05, 4.69) is 10.9 Å². The average Bonchev–Trinajstić information content (AvgIpc) is 3.29. The predicted octanol–water partition coefficient (Wildman–Crippen LogP) is 8.79. The molecule has 0 radical (unpaired) electrons. The van der Waals surface area contributed by atoms with Crippen LogP contribution in [-0.4, -0.2) is 55.7 Å². The zero-order chi connectivity index (χ0) is 45.7. The van der Waals surface area contributed by atoms with Crippen LogP contribution in [0.2, 0.25) is 0 Å². The first-order chi connectivity index (χ1) is 30.8. The van der Waals surface area contributed by atoms with E-state index in [1.165, 1.54) is 19.8 Å². The van der Waals surface area contributed by atoms with E-state index in [4.69, 9.17) is 0 Å². The number of hydrogen-bond donors (Lipinski definition) is 2. The van der Waals surface area contributed by atoms with Gasteiger partial charge in [-0.1, -0.05) is 72.8 Å². The largest absolute Gasteiger partial charge is 0.357 e. The third kappa shape index (κ3) is 8.44. The summed E-state index contributed by atoms with van der Waals surface area (Å²) >= 11 is 0. The van der Waals surface area contributed by atoms with Gasteiger partial charge in [-0.2, -0.15) is 0 Å². The quantitative estimate of drug-likeness (QED) is 0.0677. The molecular formula is C40H32N12O12. The molecule has 24 nitrogen and oxygen atoms in total. The molecule has 64 heavy (non-hydrogen) atoms. The molecule has 324 valence electrons. The molecule has 6 aromatic carbocycles. The molecule has 0 aromatic heterocycles. The summed E-state index contributed by atoms with van der Waals surface area (Å²) in [7, 11) is 0. The normalized spacial score (nSPS) is 12.2.